The average molecular weight is 318 g/mol. The first kappa shape index (κ1) is 16.4. The molecule has 1 saturated heterocycles. The van der Waals surface area contributed by atoms with E-state index in [1.165, 1.54) is 18.6 Å². The molecule has 1 saturated carbocycles. The highest BCUT2D eigenvalue weighted by Crippen LogP contribution is 2.43. The Morgan fingerprint density at radius 1 is 1.26 bits per heavy atom. The molecule has 126 valence electrons. The topological polar surface area (TPSA) is 32.3 Å². The molecule has 0 aromatic heterocycles. The molecule has 1 aliphatic carbocycles. The maximum atomic E-state index is 13.4. The molecule has 2 fully saturated rings. The molecule has 1 aliphatic heterocycles. The Bertz CT molecular complexity index is 535. The van der Waals surface area contributed by atoms with Crippen LogP contribution in [0.5, 0.6) is 0 Å². The third-order valence-electron chi connectivity index (χ3n) is 5.56. The lowest BCUT2D eigenvalue weighted by atomic mass is 9.77. The normalized spacial score (nSPS) is 23.9. The zero-order valence-corrected chi connectivity index (χ0v) is 14.0. The van der Waals surface area contributed by atoms with E-state index in [0.717, 1.165) is 57.3 Å². The molecule has 1 aromatic rings. The second-order valence-electron chi connectivity index (χ2n) is 7.11. The van der Waals surface area contributed by atoms with Crippen molar-refractivity contribution >= 4 is 5.91 Å². The summed E-state index contributed by atoms with van der Waals surface area (Å²) in [6.07, 6.45) is 6.22. The van der Waals surface area contributed by atoms with Crippen LogP contribution in [0.1, 0.15) is 44.1 Å². The van der Waals surface area contributed by atoms with E-state index < -0.39 is 5.41 Å². The van der Waals surface area contributed by atoms with Crippen molar-refractivity contribution in [2.45, 2.75) is 43.9 Å². The largest absolute Gasteiger partial charge is 0.342 e. The summed E-state index contributed by atoms with van der Waals surface area (Å²) in [5.74, 6) is 0.577. The molecule has 2 aliphatic rings. The summed E-state index contributed by atoms with van der Waals surface area (Å²) < 4.78 is 13.3. The Balaban J connectivity index is 1.83. The van der Waals surface area contributed by atoms with Crippen LogP contribution in [0.25, 0.3) is 0 Å². The molecule has 3 nitrogen and oxygen atoms in total. The van der Waals surface area contributed by atoms with Gasteiger partial charge in [0.25, 0.3) is 0 Å². The number of benzene rings is 1. The molecule has 3 rings (SSSR count). The summed E-state index contributed by atoms with van der Waals surface area (Å²) in [6.45, 7) is 2.68. The number of carbonyl (C=O) groups excluding carboxylic acids is 1. The van der Waals surface area contributed by atoms with E-state index in [-0.39, 0.29) is 11.7 Å². The van der Waals surface area contributed by atoms with Crippen molar-refractivity contribution in [3.8, 4) is 0 Å². The van der Waals surface area contributed by atoms with Crippen molar-refractivity contribution < 1.29 is 9.18 Å². The van der Waals surface area contributed by atoms with Crippen molar-refractivity contribution in [1.82, 2.24) is 10.2 Å². The van der Waals surface area contributed by atoms with E-state index in [9.17, 15) is 9.18 Å². The first-order chi connectivity index (χ1) is 11.2. The highest BCUT2D eigenvalue weighted by atomic mass is 19.1. The number of piperidine rings is 1. The van der Waals surface area contributed by atoms with E-state index in [2.05, 4.69) is 10.2 Å². The molecule has 1 N–H and O–H groups in total. The molecule has 4 heteroatoms. The number of likely N-dealkylation sites (tertiary alicyclic amines) is 1. The van der Waals surface area contributed by atoms with Crippen molar-refractivity contribution in [2.75, 3.05) is 26.7 Å². The van der Waals surface area contributed by atoms with Gasteiger partial charge in [-0.15, -0.1) is 0 Å². The number of hydrogen-bond acceptors (Lipinski definition) is 2. The number of amides is 1. The lowest BCUT2D eigenvalue weighted by Gasteiger charge is -2.39. The van der Waals surface area contributed by atoms with Crippen LogP contribution >= 0.6 is 0 Å². The first-order valence-corrected chi connectivity index (χ1v) is 8.86. The third-order valence-corrected chi connectivity index (χ3v) is 5.56. The van der Waals surface area contributed by atoms with Gasteiger partial charge in [-0.3, -0.25) is 4.79 Å². The van der Waals surface area contributed by atoms with E-state index >= 15 is 0 Å². The van der Waals surface area contributed by atoms with Crippen LogP contribution in [0, 0.1) is 11.7 Å². The Labute approximate surface area is 138 Å². The lowest BCUT2D eigenvalue weighted by molar-refractivity contribution is -0.139. The summed E-state index contributed by atoms with van der Waals surface area (Å²) in [5, 5.41) is 3.23. The first-order valence-electron chi connectivity index (χ1n) is 8.86. The predicted octanol–water partition coefficient (Wildman–Crippen LogP) is 3.10. The number of nitrogens with one attached hydrogen (secondary N) is 1. The van der Waals surface area contributed by atoms with Crippen LogP contribution in [0.4, 0.5) is 4.39 Å². The smallest absolute Gasteiger partial charge is 0.233 e. The minimum Gasteiger partial charge on any atom is -0.342 e. The van der Waals surface area contributed by atoms with E-state index in [1.54, 1.807) is 0 Å². The number of carbonyl (C=O) groups is 1. The molecule has 0 radical (unpaired) electrons. The summed E-state index contributed by atoms with van der Waals surface area (Å²) in [4.78, 5) is 15.4. The summed E-state index contributed by atoms with van der Waals surface area (Å²) in [7, 11) is 1.97. The lowest BCUT2D eigenvalue weighted by Crippen LogP contribution is -2.50. The fourth-order valence-electron chi connectivity index (χ4n) is 4.38. The number of halogens is 1. The minimum atomic E-state index is -0.421. The van der Waals surface area contributed by atoms with E-state index in [0.29, 0.717) is 5.92 Å². The fourth-order valence-corrected chi connectivity index (χ4v) is 4.38. The fraction of sp³-hybridized carbons (Fsp3) is 0.632. The minimum absolute atomic E-state index is 0.235. The van der Waals surface area contributed by atoms with Crippen LogP contribution in [0.3, 0.4) is 0 Å². The van der Waals surface area contributed by atoms with Crippen LogP contribution in [-0.2, 0) is 10.2 Å². The van der Waals surface area contributed by atoms with Crippen molar-refractivity contribution in [2.24, 2.45) is 5.92 Å². The van der Waals surface area contributed by atoms with Crippen LogP contribution in [-0.4, -0.2) is 37.5 Å². The number of nitrogens with zero attached hydrogens (tertiary/aromatic N) is 1. The van der Waals surface area contributed by atoms with Gasteiger partial charge in [0.2, 0.25) is 5.91 Å². The maximum absolute atomic E-state index is 13.4. The molecule has 1 unspecified atom stereocenters. The van der Waals surface area contributed by atoms with Crippen molar-refractivity contribution in [1.29, 1.82) is 0 Å². The second-order valence-corrected chi connectivity index (χ2v) is 7.11. The molecule has 1 amide bonds. The molecule has 1 atom stereocenters. The molecule has 0 bridgehead atoms. The maximum Gasteiger partial charge on any atom is 0.233 e. The summed E-state index contributed by atoms with van der Waals surface area (Å²) in [6, 6.07) is 6.60. The highest BCUT2D eigenvalue weighted by Gasteiger charge is 2.45. The van der Waals surface area contributed by atoms with E-state index in [1.807, 2.05) is 19.2 Å². The van der Waals surface area contributed by atoms with Crippen LogP contribution < -0.4 is 5.32 Å². The van der Waals surface area contributed by atoms with Gasteiger partial charge in [-0.2, -0.15) is 0 Å². The predicted molar refractivity (Wildman–Crippen MR) is 89.8 cm³/mol. The van der Waals surface area contributed by atoms with E-state index in [4.69, 9.17) is 0 Å². The Kier molecular flexibility index (Phi) is 5.00. The van der Waals surface area contributed by atoms with Gasteiger partial charge in [-0.05, 0) is 62.9 Å². The molecular formula is C19H27FN2O. The van der Waals surface area contributed by atoms with Gasteiger partial charge >= 0.3 is 0 Å². The van der Waals surface area contributed by atoms with Gasteiger partial charge < -0.3 is 10.2 Å². The van der Waals surface area contributed by atoms with Gasteiger partial charge in [0.15, 0.2) is 0 Å². The second kappa shape index (κ2) is 7.00. The Morgan fingerprint density at radius 3 is 2.61 bits per heavy atom. The Hall–Kier alpha value is -1.42. The Morgan fingerprint density at radius 2 is 1.96 bits per heavy atom. The number of hydrogen-bond donors (Lipinski definition) is 1. The molecule has 23 heavy (non-hydrogen) atoms. The van der Waals surface area contributed by atoms with Gasteiger partial charge in [0.05, 0.1) is 5.41 Å². The van der Waals surface area contributed by atoms with Crippen molar-refractivity contribution in [3.05, 3.63) is 35.6 Å². The third kappa shape index (κ3) is 3.27. The summed E-state index contributed by atoms with van der Waals surface area (Å²) >= 11 is 0. The summed E-state index contributed by atoms with van der Waals surface area (Å²) in [5.41, 5.74) is 0.576. The quantitative estimate of drug-likeness (QED) is 0.925. The van der Waals surface area contributed by atoms with Crippen LogP contribution in [0.15, 0.2) is 24.3 Å². The highest BCUT2D eigenvalue weighted by molar-refractivity contribution is 5.88. The molecular weight excluding hydrogens is 291 g/mol. The van der Waals surface area contributed by atoms with Gasteiger partial charge in [-0.1, -0.05) is 25.0 Å². The molecule has 1 aromatic carbocycles. The van der Waals surface area contributed by atoms with Crippen molar-refractivity contribution in [3.63, 3.8) is 0 Å². The van der Waals surface area contributed by atoms with Gasteiger partial charge in [0, 0.05) is 13.1 Å². The van der Waals surface area contributed by atoms with Gasteiger partial charge in [-0.25, -0.2) is 4.39 Å². The van der Waals surface area contributed by atoms with Crippen LogP contribution in [0.2, 0.25) is 0 Å². The average Bonchev–Trinajstić information content (AvgIpc) is 3.06. The SMILES string of the molecule is CNCC1CCCN(C(=O)C2(c3ccc(F)cc3)CCCC2)C1. The zero-order valence-electron chi connectivity index (χ0n) is 14.0. The molecule has 1 heterocycles. The molecule has 0 spiro atoms. The van der Waals surface area contributed by atoms with Gasteiger partial charge in [0.1, 0.15) is 5.82 Å². The monoisotopic (exact) mass is 318 g/mol. The zero-order chi connectivity index (χ0) is 16.3. The standard InChI is InChI=1S/C19H27FN2O/c1-21-13-15-5-4-12-22(14-15)18(23)19(10-2-3-11-19)16-6-8-17(20)9-7-16/h6-9,15,21H,2-5,10-14H2,1H3. The number of rotatable bonds is 4.